The second-order valence-electron chi connectivity index (χ2n) is 3.05. The average Bonchev–Trinajstić information content (AvgIpc) is 2.09. The molecule has 16 heavy (non-hydrogen) atoms. The van der Waals surface area contributed by atoms with Gasteiger partial charge in [-0.3, -0.25) is 9.52 Å². The van der Waals surface area contributed by atoms with Crippen LogP contribution in [0.4, 0.5) is 5.69 Å². The number of anilines is 1. The predicted octanol–water partition coefficient (Wildman–Crippen LogP) is 1.46. The lowest BCUT2D eigenvalue weighted by Crippen LogP contribution is -2.13. The van der Waals surface area contributed by atoms with Crippen molar-refractivity contribution in [1.82, 2.24) is 0 Å². The molecule has 0 bridgehead atoms. The van der Waals surface area contributed by atoms with Crippen molar-refractivity contribution in [3.8, 4) is 0 Å². The Labute approximate surface area is 103 Å². The summed E-state index contributed by atoms with van der Waals surface area (Å²) in [5, 5.41) is 0.0125. The van der Waals surface area contributed by atoms with Crippen molar-refractivity contribution < 1.29 is 13.2 Å². The number of hydrogen-bond acceptors (Lipinski definition) is 3. The number of carbonyl (C=O) groups is 1. The van der Waals surface area contributed by atoms with E-state index in [0.717, 1.165) is 6.26 Å². The molecule has 0 radical (unpaired) electrons. The molecular weight excluding hydrogens is 275 g/mol. The molecule has 3 N–H and O–H groups in total. The molecule has 0 saturated heterocycles. The maximum Gasteiger partial charge on any atom is 0.248 e. The van der Waals surface area contributed by atoms with Gasteiger partial charge in [-0.25, -0.2) is 8.42 Å². The molecule has 1 rings (SSSR count). The molecule has 8 heteroatoms. The monoisotopic (exact) mass is 282 g/mol. The molecule has 0 spiro atoms. The van der Waals surface area contributed by atoms with Gasteiger partial charge >= 0.3 is 0 Å². The van der Waals surface area contributed by atoms with Crippen molar-refractivity contribution in [3.63, 3.8) is 0 Å². The summed E-state index contributed by atoms with van der Waals surface area (Å²) in [6, 6.07) is 2.48. The minimum Gasteiger partial charge on any atom is -0.366 e. The van der Waals surface area contributed by atoms with E-state index in [9.17, 15) is 13.2 Å². The number of hydrogen-bond donors (Lipinski definition) is 2. The fraction of sp³-hybridized carbons (Fsp3) is 0.125. The first-order chi connectivity index (χ1) is 7.20. The molecule has 0 aliphatic rings. The van der Waals surface area contributed by atoms with Crippen molar-refractivity contribution in [2.24, 2.45) is 5.73 Å². The lowest BCUT2D eigenvalue weighted by atomic mass is 10.2. The molecule has 0 heterocycles. The van der Waals surface area contributed by atoms with E-state index in [-0.39, 0.29) is 21.3 Å². The zero-order chi connectivity index (χ0) is 12.5. The van der Waals surface area contributed by atoms with E-state index >= 15 is 0 Å². The lowest BCUT2D eigenvalue weighted by Gasteiger charge is -2.09. The Morgan fingerprint density at radius 3 is 2.06 bits per heavy atom. The summed E-state index contributed by atoms with van der Waals surface area (Å²) in [5.74, 6) is -0.699. The Morgan fingerprint density at radius 1 is 1.31 bits per heavy atom. The molecule has 5 nitrogen and oxygen atoms in total. The summed E-state index contributed by atoms with van der Waals surface area (Å²) in [6.45, 7) is 0. The molecule has 1 aromatic carbocycles. The number of sulfonamides is 1. The summed E-state index contributed by atoms with van der Waals surface area (Å²) in [5.41, 5.74) is 5.16. The van der Waals surface area contributed by atoms with Crippen LogP contribution in [0.25, 0.3) is 0 Å². The Kier molecular flexibility index (Phi) is 3.67. The van der Waals surface area contributed by atoms with Crippen LogP contribution in [0.3, 0.4) is 0 Å². The third-order valence-corrected chi connectivity index (χ3v) is 2.79. The Morgan fingerprint density at radius 2 is 1.75 bits per heavy atom. The summed E-state index contributed by atoms with van der Waals surface area (Å²) in [4.78, 5) is 10.9. The Bertz CT molecular complexity index is 519. The Hall–Kier alpha value is -0.980. The van der Waals surface area contributed by atoms with Crippen molar-refractivity contribution in [2.45, 2.75) is 0 Å². The smallest absolute Gasteiger partial charge is 0.248 e. The molecule has 0 aromatic heterocycles. The van der Waals surface area contributed by atoms with Gasteiger partial charge in [-0.15, -0.1) is 0 Å². The highest BCUT2D eigenvalue weighted by atomic mass is 35.5. The summed E-state index contributed by atoms with van der Waals surface area (Å²) >= 11 is 11.5. The summed E-state index contributed by atoms with van der Waals surface area (Å²) < 4.78 is 24.1. The summed E-state index contributed by atoms with van der Waals surface area (Å²) in [7, 11) is -3.49. The van der Waals surface area contributed by atoms with Gasteiger partial charge in [-0.1, -0.05) is 23.2 Å². The fourth-order valence-corrected chi connectivity index (χ4v) is 2.28. The molecule has 0 saturated carbocycles. The maximum atomic E-state index is 11.0. The number of benzene rings is 1. The molecule has 0 aliphatic heterocycles. The number of primary amides is 1. The van der Waals surface area contributed by atoms with Gasteiger partial charge in [0.05, 0.1) is 22.0 Å². The zero-order valence-corrected chi connectivity index (χ0v) is 10.4. The quantitative estimate of drug-likeness (QED) is 0.880. The summed E-state index contributed by atoms with van der Waals surface area (Å²) in [6.07, 6.45) is 0.960. The van der Waals surface area contributed by atoms with Crippen LogP contribution in [0.5, 0.6) is 0 Å². The van der Waals surface area contributed by atoms with E-state index in [2.05, 4.69) is 4.72 Å². The average molecular weight is 283 g/mol. The molecule has 1 aromatic rings. The molecule has 0 atom stereocenters. The second-order valence-corrected chi connectivity index (χ2v) is 5.62. The highest BCUT2D eigenvalue weighted by Crippen LogP contribution is 2.32. The van der Waals surface area contributed by atoms with Crippen molar-refractivity contribution in [2.75, 3.05) is 11.0 Å². The van der Waals surface area contributed by atoms with Crippen molar-refractivity contribution in [3.05, 3.63) is 27.7 Å². The third kappa shape index (κ3) is 3.26. The van der Waals surface area contributed by atoms with E-state index in [1.807, 2.05) is 0 Å². The van der Waals surface area contributed by atoms with Crippen LogP contribution < -0.4 is 10.5 Å². The van der Waals surface area contributed by atoms with Crippen LogP contribution in [0.2, 0.25) is 10.0 Å². The lowest BCUT2D eigenvalue weighted by molar-refractivity contribution is 0.100. The molecule has 0 unspecified atom stereocenters. The van der Waals surface area contributed by atoms with Gasteiger partial charge in [0.1, 0.15) is 0 Å². The van der Waals surface area contributed by atoms with Crippen molar-refractivity contribution >= 4 is 44.8 Å². The number of nitrogens with one attached hydrogen (secondary N) is 1. The zero-order valence-electron chi connectivity index (χ0n) is 8.12. The van der Waals surface area contributed by atoms with Crippen LogP contribution in [0, 0.1) is 0 Å². The van der Waals surface area contributed by atoms with Crippen LogP contribution in [0.1, 0.15) is 10.4 Å². The second kappa shape index (κ2) is 4.48. The molecule has 0 aliphatic carbocycles. The largest absolute Gasteiger partial charge is 0.366 e. The van der Waals surface area contributed by atoms with Crippen molar-refractivity contribution in [1.29, 1.82) is 0 Å². The topological polar surface area (TPSA) is 89.3 Å². The van der Waals surface area contributed by atoms with Gasteiger partial charge in [0, 0.05) is 5.56 Å². The van der Waals surface area contributed by atoms with E-state index in [0.29, 0.717) is 0 Å². The van der Waals surface area contributed by atoms with E-state index in [4.69, 9.17) is 28.9 Å². The minimum absolute atomic E-state index is 0.00623. The number of rotatable bonds is 3. The van der Waals surface area contributed by atoms with E-state index < -0.39 is 15.9 Å². The highest BCUT2D eigenvalue weighted by molar-refractivity contribution is 7.92. The van der Waals surface area contributed by atoms with E-state index in [1.165, 1.54) is 12.1 Å². The highest BCUT2D eigenvalue weighted by Gasteiger charge is 2.13. The normalized spacial score (nSPS) is 11.2. The molecular formula is C8H8Cl2N2O3S. The maximum absolute atomic E-state index is 11.0. The standard InChI is InChI=1S/C8H8Cl2N2O3S/c1-16(14,15)12-7-5(9)2-4(8(11)13)3-6(7)10/h2-3,12H,1H3,(H2,11,13). The van der Waals surface area contributed by atoms with Crippen LogP contribution in [-0.2, 0) is 10.0 Å². The van der Waals surface area contributed by atoms with Gasteiger partial charge < -0.3 is 5.73 Å². The number of halogens is 2. The van der Waals surface area contributed by atoms with Gasteiger partial charge in [-0.2, -0.15) is 0 Å². The SMILES string of the molecule is CS(=O)(=O)Nc1c(Cl)cc(C(N)=O)cc1Cl. The first kappa shape index (κ1) is 13.1. The third-order valence-electron chi connectivity index (χ3n) is 1.61. The van der Waals surface area contributed by atoms with Gasteiger partial charge in [0.15, 0.2) is 0 Å². The van der Waals surface area contributed by atoms with E-state index in [1.54, 1.807) is 0 Å². The molecule has 1 amide bonds. The molecule has 0 fully saturated rings. The number of nitrogens with two attached hydrogens (primary N) is 1. The van der Waals surface area contributed by atoms with Crippen LogP contribution >= 0.6 is 23.2 Å². The first-order valence-corrected chi connectivity index (χ1v) is 6.62. The molecule has 88 valence electrons. The van der Waals surface area contributed by atoms with Gasteiger partial charge in [0.2, 0.25) is 15.9 Å². The van der Waals surface area contributed by atoms with Crippen LogP contribution in [-0.4, -0.2) is 20.6 Å². The fourth-order valence-electron chi connectivity index (χ4n) is 0.998. The predicted molar refractivity (Wildman–Crippen MR) is 63.4 cm³/mol. The number of amides is 1. The van der Waals surface area contributed by atoms with Gasteiger partial charge in [-0.05, 0) is 12.1 Å². The number of carbonyl (C=O) groups excluding carboxylic acids is 1. The first-order valence-electron chi connectivity index (χ1n) is 3.97. The Balaban J connectivity index is 3.28. The van der Waals surface area contributed by atoms with Crippen LogP contribution in [0.15, 0.2) is 12.1 Å². The minimum atomic E-state index is -3.49. The van der Waals surface area contributed by atoms with Gasteiger partial charge in [0.25, 0.3) is 0 Å².